The van der Waals surface area contributed by atoms with Crippen LogP contribution in [0.5, 0.6) is 23.0 Å². The number of carbonyl (C=O) groups is 1. The number of para-hydroxylation sites is 1. The van der Waals surface area contributed by atoms with Crippen molar-refractivity contribution in [2.45, 2.75) is 39.8 Å². The predicted molar refractivity (Wildman–Crippen MR) is 183 cm³/mol. The van der Waals surface area contributed by atoms with Crippen LogP contribution < -0.4 is 29.1 Å². The van der Waals surface area contributed by atoms with Gasteiger partial charge in [-0.1, -0.05) is 29.5 Å². The zero-order valence-corrected chi connectivity index (χ0v) is 29.2. The largest absolute Gasteiger partial charge is 0.493 e. The van der Waals surface area contributed by atoms with Crippen molar-refractivity contribution in [1.82, 2.24) is 4.57 Å². The van der Waals surface area contributed by atoms with Gasteiger partial charge < -0.3 is 18.9 Å². The Morgan fingerprint density at radius 2 is 1.82 bits per heavy atom. The number of fused-ring (bicyclic) bond motifs is 1. The maximum absolute atomic E-state index is 14.2. The molecule has 1 aliphatic rings. The third-order valence-electron chi connectivity index (χ3n) is 7.20. The number of hydrogen-bond acceptors (Lipinski definition) is 12. The SMILES string of the molecule is CCOC(=O)C1=C(C)N=c2s/c(=C/c3cc(Br)c(Oc4ccc([N+](=O)[O-])cc4[N+](=O)[O-])c(OC)c3)c(=O)n2[C@H]1c1ccccc1OC(C)C. The van der Waals surface area contributed by atoms with Gasteiger partial charge >= 0.3 is 11.7 Å². The van der Waals surface area contributed by atoms with E-state index in [1.165, 1.54) is 11.7 Å². The van der Waals surface area contributed by atoms with Crippen molar-refractivity contribution in [2.75, 3.05) is 13.7 Å². The first-order valence-corrected chi connectivity index (χ1v) is 16.4. The van der Waals surface area contributed by atoms with Crippen LogP contribution >= 0.6 is 27.3 Å². The second kappa shape index (κ2) is 14.4. The van der Waals surface area contributed by atoms with Crippen LogP contribution in [0.4, 0.5) is 11.4 Å². The first-order valence-electron chi connectivity index (χ1n) is 14.8. The first kappa shape index (κ1) is 35.0. The summed E-state index contributed by atoms with van der Waals surface area (Å²) in [6, 6.07) is 12.5. The van der Waals surface area contributed by atoms with Crippen molar-refractivity contribution in [2.24, 2.45) is 4.99 Å². The number of halogens is 1. The number of methoxy groups -OCH3 is 1. The summed E-state index contributed by atoms with van der Waals surface area (Å²) in [7, 11) is 1.37. The molecule has 254 valence electrons. The molecule has 0 unspecified atom stereocenters. The molecule has 0 N–H and O–H groups in total. The Morgan fingerprint density at radius 1 is 1.08 bits per heavy atom. The summed E-state index contributed by atoms with van der Waals surface area (Å²) >= 11 is 4.55. The number of thiazole rings is 1. The molecule has 0 amide bonds. The van der Waals surface area contributed by atoms with Gasteiger partial charge in [0.25, 0.3) is 11.2 Å². The quantitative estimate of drug-likeness (QED) is 0.101. The van der Waals surface area contributed by atoms with Gasteiger partial charge in [-0.05, 0) is 79.5 Å². The Kier molecular flexibility index (Phi) is 10.3. The molecule has 0 radical (unpaired) electrons. The third kappa shape index (κ3) is 7.10. The van der Waals surface area contributed by atoms with Crippen molar-refractivity contribution in [3.63, 3.8) is 0 Å². The maximum atomic E-state index is 14.2. The van der Waals surface area contributed by atoms with E-state index >= 15 is 0 Å². The normalized spacial score (nSPS) is 14.3. The summed E-state index contributed by atoms with van der Waals surface area (Å²) in [5, 5.41) is 22.8. The maximum Gasteiger partial charge on any atom is 0.338 e. The van der Waals surface area contributed by atoms with Crippen LogP contribution in [0.3, 0.4) is 0 Å². The van der Waals surface area contributed by atoms with Gasteiger partial charge in [-0.25, -0.2) is 9.79 Å². The number of allylic oxidation sites excluding steroid dienone is 1. The fraction of sp³-hybridized carbons (Fsp3) is 0.242. The molecule has 1 atom stereocenters. The molecule has 14 nitrogen and oxygen atoms in total. The number of carbonyl (C=O) groups excluding carboxylic acids is 1. The molecule has 0 bridgehead atoms. The van der Waals surface area contributed by atoms with Crippen molar-refractivity contribution >= 4 is 50.7 Å². The molecular formula is C33H29BrN4O10S. The van der Waals surface area contributed by atoms with Gasteiger partial charge in [0.15, 0.2) is 16.3 Å². The van der Waals surface area contributed by atoms with Crippen LogP contribution in [0.25, 0.3) is 6.08 Å². The minimum atomic E-state index is -0.887. The fourth-order valence-electron chi connectivity index (χ4n) is 5.19. The smallest absolute Gasteiger partial charge is 0.338 e. The third-order valence-corrected chi connectivity index (χ3v) is 8.78. The highest BCUT2D eigenvalue weighted by Crippen LogP contribution is 2.43. The lowest BCUT2D eigenvalue weighted by Gasteiger charge is -2.26. The van der Waals surface area contributed by atoms with Crippen LogP contribution in [0.15, 0.2) is 80.1 Å². The van der Waals surface area contributed by atoms with Crippen LogP contribution in [0, 0.1) is 20.2 Å². The molecule has 0 fully saturated rings. The number of nitro benzene ring substituents is 2. The van der Waals surface area contributed by atoms with E-state index in [2.05, 4.69) is 20.9 Å². The minimum Gasteiger partial charge on any atom is -0.493 e. The van der Waals surface area contributed by atoms with Gasteiger partial charge in [-0.3, -0.25) is 29.6 Å². The Hall–Kier alpha value is -5.35. The first-order chi connectivity index (χ1) is 23.3. The molecule has 4 aromatic rings. The average Bonchev–Trinajstić information content (AvgIpc) is 3.35. The van der Waals surface area contributed by atoms with Gasteiger partial charge in [0.2, 0.25) is 5.75 Å². The summed E-state index contributed by atoms with van der Waals surface area (Å²) < 4.78 is 24.9. The van der Waals surface area contributed by atoms with Gasteiger partial charge in [0.1, 0.15) is 11.8 Å². The minimum absolute atomic E-state index is 0.0644. The number of hydrogen-bond donors (Lipinski definition) is 0. The molecule has 3 aromatic carbocycles. The summed E-state index contributed by atoms with van der Waals surface area (Å²) in [6.07, 6.45) is 1.44. The number of aromatic nitrogens is 1. The van der Waals surface area contributed by atoms with E-state index in [9.17, 15) is 29.8 Å². The summed E-state index contributed by atoms with van der Waals surface area (Å²) in [4.78, 5) is 53.8. The van der Waals surface area contributed by atoms with E-state index in [0.29, 0.717) is 31.8 Å². The van der Waals surface area contributed by atoms with Gasteiger partial charge in [0, 0.05) is 11.6 Å². The van der Waals surface area contributed by atoms with Crippen LogP contribution in [0.1, 0.15) is 44.9 Å². The summed E-state index contributed by atoms with van der Waals surface area (Å²) in [5.41, 5.74) is 0.215. The molecule has 5 rings (SSSR count). The topological polar surface area (TPSA) is 175 Å². The monoisotopic (exact) mass is 752 g/mol. The molecule has 0 spiro atoms. The number of rotatable bonds is 11. The Balaban J connectivity index is 1.63. The van der Waals surface area contributed by atoms with E-state index < -0.39 is 38.8 Å². The van der Waals surface area contributed by atoms with Crippen molar-refractivity contribution in [3.8, 4) is 23.0 Å². The van der Waals surface area contributed by atoms with Gasteiger partial charge in [-0.2, -0.15) is 0 Å². The highest BCUT2D eigenvalue weighted by atomic mass is 79.9. The number of non-ortho nitro benzene ring substituents is 1. The number of benzene rings is 3. The summed E-state index contributed by atoms with van der Waals surface area (Å²) in [6.45, 7) is 7.28. The Morgan fingerprint density at radius 3 is 2.47 bits per heavy atom. The zero-order chi connectivity index (χ0) is 35.6. The highest BCUT2D eigenvalue weighted by molar-refractivity contribution is 9.10. The second-order valence-corrected chi connectivity index (χ2v) is 12.7. The molecule has 0 saturated heterocycles. The van der Waals surface area contributed by atoms with Gasteiger partial charge in [-0.15, -0.1) is 0 Å². The van der Waals surface area contributed by atoms with Crippen molar-refractivity contribution in [1.29, 1.82) is 0 Å². The highest BCUT2D eigenvalue weighted by Gasteiger charge is 2.35. The molecule has 1 aromatic heterocycles. The zero-order valence-electron chi connectivity index (χ0n) is 26.8. The fourth-order valence-corrected chi connectivity index (χ4v) is 6.77. The molecule has 1 aliphatic heterocycles. The molecule has 2 heterocycles. The molecule has 49 heavy (non-hydrogen) atoms. The Labute approximate surface area is 291 Å². The van der Waals surface area contributed by atoms with Crippen LogP contribution in [0.2, 0.25) is 0 Å². The Bertz CT molecular complexity index is 2210. The number of nitrogens with zero attached hydrogens (tertiary/aromatic N) is 4. The van der Waals surface area contributed by atoms with Gasteiger partial charge in [0.05, 0.1) is 56.0 Å². The average molecular weight is 754 g/mol. The van der Waals surface area contributed by atoms with E-state index in [1.54, 1.807) is 50.3 Å². The van der Waals surface area contributed by atoms with E-state index in [0.717, 1.165) is 29.5 Å². The lowest BCUT2D eigenvalue weighted by Crippen LogP contribution is -2.40. The molecule has 0 saturated carbocycles. The van der Waals surface area contributed by atoms with Crippen molar-refractivity contribution < 1.29 is 33.6 Å². The van der Waals surface area contributed by atoms with E-state index in [1.807, 2.05) is 19.9 Å². The number of esters is 1. The predicted octanol–water partition coefficient (Wildman–Crippen LogP) is 5.97. The molecule has 16 heteroatoms. The lowest BCUT2D eigenvalue weighted by atomic mass is 9.95. The molecule has 0 aliphatic carbocycles. The summed E-state index contributed by atoms with van der Waals surface area (Å²) in [5.74, 6) is -0.121. The number of ether oxygens (including phenoxy) is 4. The second-order valence-electron chi connectivity index (χ2n) is 10.8. The molecular weight excluding hydrogens is 724 g/mol. The van der Waals surface area contributed by atoms with E-state index in [4.69, 9.17) is 18.9 Å². The lowest BCUT2D eigenvalue weighted by molar-refractivity contribution is -0.394. The van der Waals surface area contributed by atoms with Crippen LogP contribution in [-0.4, -0.2) is 40.2 Å². The van der Waals surface area contributed by atoms with Crippen LogP contribution in [-0.2, 0) is 9.53 Å². The standard InChI is InChI=1S/C33H29BrN4O10S/c1-6-46-32(40)28-18(4)35-33-36(29(28)21-9-7-8-10-24(21)47-17(2)3)31(39)27(49-33)15-19-13-22(34)30(26(14-19)45-5)48-25-12-11-20(37(41)42)16-23(25)38(43)44/h7-17,29H,6H2,1-5H3/b27-15+/t29-/m0/s1. The van der Waals surface area contributed by atoms with E-state index in [-0.39, 0.29) is 40.1 Å². The number of nitro groups is 2. The van der Waals surface area contributed by atoms with Crippen molar-refractivity contribution in [3.05, 3.63) is 121 Å².